The fourth-order valence-electron chi connectivity index (χ4n) is 2.11. The molecule has 4 heteroatoms. The molecule has 0 aromatic carbocycles. The molecule has 2 heterocycles. The van der Waals surface area contributed by atoms with Crippen molar-refractivity contribution in [1.82, 2.24) is 10.1 Å². The Hall–Kier alpha value is -1.55. The van der Waals surface area contributed by atoms with Crippen LogP contribution in [0, 0.1) is 13.8 Å². The third-order valence-electron chi connectivity index (χ3n) is 3.29. The molecule has 4 nitrogen and oxygen atoms in total. The molecule has 2 aromatic rings. The molecular formula is C15H22N2O2. The van der Waals surface area contributed by atoms with Crippen LogP contribution >= 0.6 is 0 Å². The van der Waals surface area contributed by atoms with Gasteiger partial charge in [-0.15, -0.1) is 0 Å². The van der Waals surface area contributed by atoms with E-state index >= 15 is 0 Å². The Bertz CT molecular complexity index is 516. The van der Waals surface area contributed by atoms with Crippen LogP contribution < -0.4 is 0 Å². The number of nitrogens with zero attached hydrogens (tertiary/aromatic N) is 2. The summed E-state index contributed by atoms with van der Waals surface area (Å²) in [5.41, 5.74) is 0.933. The van der Waals surface area contributed by atoms with Gasteiger partial charge in [-0.25, -0.2) is 0 Å². The summed E-state index contributed by atoms with van der Waals surface area (Å²) in [5.74, 6) is 3.41. The van der Waals surface area contributed by atoms with E-state index in [1.54, 1.807) is 0 Å². The first-order valence-electron chi connectivity index (χ1n) is 6.71. The highest BCUT2D eigenvalue weighted by atomic mass is 16.5. The molecule has 0 bridgehead atoms. The van der Waals surface area contributed by atoms with E-state index in [-0.39, 0.29) is 0 Å². The molecule has 1 atom stereocenters. The first kappa shape index (κ1) is 13.9. The van der Waals surface area contributed by atoms with Crippen LogP contribution in [-0.4, -0.2) is 23.6 Å². The van der Waals surface area contributed by atoms with Crippen LogP contribution in [0.1, 0.15) is 42.2 Å². The lowest BCUT2D eigenvalue weighted by Crippen LogP contribution is -2.20. The highest BCUT2D eigenvalue weighted by molar-refractivity contribution is 5.09. The first-order valence-corrected chi connectivity index (χ1v) is 6.71. The van der Waals surface area contributed by atoms with Gasteiger partial charge in [0, 0.05) is 12.0 Å². The molecule has 0 spiro atoms. The minimum Gasteiger partial charge on any atom is -0.466 e. The number of hydrogen-bond acceptors (Lipinski definition) is 4. The smallest absolute Gasteiger partial charge is 0.150 e. The van der Waals surface area contributed by atoms with Crippen molar-refractivity contribution in [2.75, 3.05) is 13.6 Å². The number of aryl methyl sites for hydroxylation is 2. The molecule has 2 rings (SSSR count). The zero-order chi connectivity index (χ0) is 13.8. The van der Waals surface area contributed by atoms with Crippen LogP contribution in [0.2, 0.25) is 0 Å². The summed E-state index contributed by atoms with van der Waals surface area (Å²) in [6, 6.07) is 6.07. The number of furan rings is 1. The van der Waals surface area contributed by atoms with Crippen molar-refractivity contribution in [3.8, 4) is 0 Å². The first-order chi connectivity index (χ1) is 9.04. The molecule has 0 radical (unpaired) electrons. The van der Waals surface area contributed by atoms with E-state index in [4.69, 9.17) is 8.94 Å². The quantitative estimate of drug-likeness (QED) is 0.799. The molecule has 104 valence electrons. The van der Waals surface area contributed by atoms with Crippen molar-refractivity contribution in [1.29, 1.82) is 0 Å². The molecule has 0 N–H and O–H groups in total. The Morgan fingerprint density at radius 3 is 2.68 bits per heavy atom. The second-order valence-corrected chi connectivity index (χ2v) is 5.31. The van der Waals surface area contributed by atoms with Gasteiger partial charge in [-0.05, 0) is 46.0 Å². The van der Waals surface area contributed by atoms with Gasteiger partial charge in [0.05, 0.1) is 12.2 Å². The minimum absolute atomic E-state index is 0.438. The van der Waals surface area contributed by atoms with E-state index in [1.807, 2.05) is 26.0 Å². The fourth-order valence-corrected chi connectivity index (χ4v) is 2.11. The average Bonchev–Trinajstić information content (AvgIpc) is 2.95. The molecule has 0 fully saturated rings. The Labute approximate surface area is 114 Å². The maximum Gasteiger partial charge on any atom is 0.150 e. The van der Waals surface area contributed by atoms with Gasteiger partial charge >= 0.3 is 0 Å². The monoisotopic (exact) mass is 262 g/mol. The number of aromatic nitrogens is 1. The van der Waals surface area contributed by atoms with Crippen molar-refractivity contribution in [3.63, 3.8) is 0 Å². The van der Waals surface area contributed by atoms with Crippen LogP contribution in [0.3, 0.4) is 0 Å². The SMILES string of the molecule is Cc1cc(CN(C)CC[C@H](C)c2ccc(C)o2)on1. The minimum atomic E-state index is 0.438. The van der Waals surface area contributed by atoms with Gasteiger partial charge in [-0.3, -0.25) is 4.90 Å². The van der Waals surface area contributed by atoms with Gasteiger partial charge in [0.1, 0.15) is 11.5 Å². The lowest BCUT2D eigenvalue weighted by atomic mass is 10.1. The van der Waals surface area contributed by atoms with Crippen molar-refractivity contribution >= 4 is 0 Å². The summed E-state index contributed by atoms with van der Waals surface area (Å²) in [4.78, 5) is 2.24. The van der Waals surface area contributed by atoms with E-state index in [9.17, 15) is 0 Å². The summed E-state index contributed by atoms with van der Waals surface area (Å²) in [5, 5.41) is 3.90. The molecule has 0 aliphatic carbocycles. The summed E-state index contributed by atoms with van der Waals surface area (Å²) in [7, 11) is 2.10. The van der Waals surface area contributed by atoms with E-state index in [0.29, 0.717) is 5.92 Å². The molecule has 0 amide bonds. The third-order valence-corrected chi connectivity index (χ3v) is 3.29. The van der Waals surface area contributed by atoms with E-state index in [2.05, 4.69) is 30.1 Å². The van der Waals surface area contributed by atoms with Gasteiger partial charge in [-0.2, -0.15) is 0 Å². The highest BCUT2D eigenvalue weighted by Crippen LogP contribution is 2.21. The maximum atomic E-state index is 5.65. The molecular weight excluding hydrogens is 240 g/mol. The molecule has 0 aliphatic heterocycles. The van der Waals surface area contributed by atoms with Crippen molar-refractivity contribution < 1.29 is 8.94 Å². The van der Waals surface area contributed by atoms with Gasteiger partial charge in [0.15, 0.2) is 5.76 Å². The Morgan fingerprint density at radius 2 is 2.11 bits per heavy atom. The van der Waals surface area contributed by atoms with Gasteiger partial charge in [0.2, 0.25) is 0 Å². The van der Waals surface area contributed by atoms with Crippen LogP contribution in [0.4, 0.5) is 0 Å². The Balaban J connectivity index is 1.78. The predicted octanol–water partition coefficient (Wildman–Crippen LogP) is 3.51. The molecule has 0 saturated carbocycles. The van der Waals surface area contributed by atoms with Crippen LogP contribution in [0.5, 0.6) is 0 Å². The van der Waals surface area contributed by atoms with Gasteiger partial charge < -0.3 is 8.94 Å². The average molecular weight is 262 g/mol. The zero-order valence-electron chi connectivity index (χ0n) is 12.1. The third kappa shape index (κ3) is 3.96. The summed E-state index contributed by atoms with van der Waals surface area (Å²) < 4.78 is 10.9. The van der Waals surface area contributed by atoms with E-state index in [0.717, 1.165) is 42.5 Å². The topological polar surface area (TPSA) is 42.4 Å². The van der Waals surface area contributed by atoms with Crippen molar-refractivity contribution in [3.05, 3.63) is 41.2 Å². The molecule has 0 saturated heterocycles. The predicted molar refractivity (Wildman–Crippen MR) is 74.1 cm³/mol. The summed E-state index contributed by atoms with van der Waals surface area (Å²) in [6.07, 6.45) is 1.07. The second-order valence-electron chi connectivity index (χ2n) is 5.31. The van der Waals surface area contributed by atoms with Crippen LogP contribution in [0.25, 0.3) is 0 Å². The lowest BCUT2D eigenvalue weighted by molar-refractivity contribution is 0.261. The normalized spacial score (nSPS) is 13.1. The molecule has 0 aliphatic rings. The van der Waals surface area contributed by atoms with Gasteiger partial charge in [0.25, 0.3) is 0 Å². The Kier molecular flexibility index (Phi) is 4.43. The fraction of sp³-hybridized carbons (Fsp3) is 0.533. The molecule has 0 unspecified atom stereocenters. The van der Waals surface area contributed by atoms with E-state index in [1.165, 1.54) is 0 Å². The van der Waals surface area contributed by atoms with Crippen molar-refractivity contribution in [2.45, 2.75) is 39.7 Å². The highest BCUT2D eigenvalue weighted by Gasteiger charge is 2.12. The second kappa shape index (κ2) is 6.06. The summed E-state index contributed by atoms with van der Waals surface area (Å²) >= 11 is 0. The number of hydrogen-bond donors (Lipinski definition) is 0. The largest absolute Gasteiger partial charge is 0.466 e. The van der Waals surface area contributed by atoms with Crippen molar-refractivity contribution in [2.24, 2.45) is 0 Å². The standard InChI is InChI=1S/C15H22N2O2/c1-11(15-6-5-13(3)18-15)7-8-17(4)10-14-9-12(2)16-19-14/h5-6,9,11H,7-8,10H2,1-4H3/t11-/m0/s1. The molecule has 19 heavy (non-hydrogen) atoms. The van der Waals surface area contributed by atoms with E-state index < -0.39 is 0 Å². The van der Waals surface area contributed by atoms with Crippen LogP contribution in [0.15, 0.2) is 27.1 Å². The number of rotatable bonds is 6. The van der Waals surface area contributed by atoms with Gasteiger partial charge in [-0.1, -0.05) is 12.1 Å². The lowest BCUT2D eigenvalue weighted by Gasteiger charge is -2.17. The van der Waals surface area contributed by atoms with Crippen LogP contribution in [-0.2, 0) is 6.54 Å². The maximum absolute atomic E-state index is 5.65. The Morgan fingerprint density at radius 1 is 1.32 bits per heavy atom. The molecule has 2 aromatic heterocycles. The summed E-state index contributed by atoms with van der Waals surface area (Å²) in [6.45, 7) is 7.92. The zero-order valence-corrected chi connectivity index (χ0v) is 12.1.